The summed E-state index contributed by atoms with van der Waals surface area (Å²) in [5, 5.41) is 7.24. The minimum atomic E-state index is -0.143. The number of hydrogen-bond acceptors (Lipinski definition) is 3. The van der Waals surface area contributed by atoms with Crippen LogP contribution in [-0.4, -0.2) is 12.5 Å². The molecule has 2 atom stereocenters. The smallest absolute Gasteiger partial charge is 0.275 e. The number of thiophene rings is 1. The minimum Gasteiger partial charge on any atom is -0.463 e. The SMILES string of the molecule is O=C(C[NH2+][C@@H](c1ccccc1)c1ccco1)N[C@H](c1ccccc1)c1cccs1. The Morgan fingerprint density at radius 1 is 0.897 bits per heavy atom. The molecule has 29 heavy (non-hydrogen) atoms. The highest BCUT2D eigenvalue weighted by molar-refractivity contribution is 7.10. The van der Waals surface area contributed by atoms with Crippen LogP contribution in [0.3, 0.4) is 0 Å². The van der Waals surface area contributed by atoms with Crippen molar-refractivity contribution in [2.75, 3.05) is 6.54 Å². The van der Waals surface area contributed by atoms with Crippen molar-refractivity contribution in [3.8, 4) is 0 Å². The summed E-state index contributed by atoms with van der Waals surface area (Å²) in [5.41, 5.74) is 2.18. The Morgan fingerprint density at radius 3 is 2.24 bits per heavy atom. The van der Waals surface area contributed by atoms with E-state index >= 15 is 0 Å². The van der Waals surface area contributed by atoms with Gasteiger partial charge in [-0.3, -0.25) is 4.79 Å². The van der Waals surface area contributed by atoms with Crippen molar-refractivity contribution in [2.45, 2.75) is 12.1 Å². The first kappa shape index (κ1) is 19.2. The van der Waals surface area contributed by atoms with Gasteiger partial charge in [-0.1, -0.05) is 66.7 Å². The molecule has 0 radical (unpaired) electrons. The normalized spacial score (nSPS) is 13.0. The van der Waals surface area contributed by atoms with Crippen LogP contribution in [0.4, 0.5) is 0 Å². The van der Waals surface area contributed by atoms with E-state index in [0.717, 1.165) is 21.8 Å². The molecule has 0 bridgehead atoms. The third kappa shape index (κ3) is 4.83. The summed E-state index contributed by atoms with van der Waals surface area (Å²) in [4.78, 5) is 14.0. The Hall–Kier alpha value is -3.15. The predicted octanol–water partition coefficient (Wildman–Crippen LogP) is 3.90. The third-order valence-electron chi connectivity index (χ3n) is 4.81. The van der Waals surface area contributed by atoms with Crippen LogP contribution in [0.2, 0.25) is 0 Å². The maximum absolute atomic E-state index is 12.9. The molecule has 146 valence electrons. The molecule has 2 aromatic carbocycles. The van der Waals surface area contributed by atoms with Gasteiger partial charge in [-0.15, -0.1) is 11.3 Å². The second-order valence-corrected chi connectivity index (χ2v) is 7.75. The van der Waals surface area contributed by atoms with E-state index in [0.29, 0.717) is 6.54 Å². The zero-order chi connectivity index (χ0) is 19.9. The average Bonchev–Trinajstić information content (AvgIpc) is 3.48. The number of carbonyl (C=O) groups excluding carboxylic acids is 1. The fourth-order valence-corrected chi connectivity index (χ4v) is 4.21. The van der Waals surface area contributed by atoms with Crippen LogP contribution in [0.15, 0.2) is 101 Å². The molecule has 2 aromatic heterocycles. The number of hydrogen-bond donors (Lipinski definition) is 2. The fraction of sp³-hybridized carbons (Fsp3) is 0.125. The monoisotopic (exact) mass is 403 g/mol. The van der Waals surface area contributed by atoms with Crippen molar-refractivity contribution in [3.05, 3.63) is 118 Å². The Kier molecular flexibility index (Phi) is 6.19. The second-order valence-electron chi connectivity index (χ2n) is 6.77. The molecule has 0 aliphatic rings. The number of nitrogens with one attached hydrogen (secondary N) is 1. The molecule has 4 nitrogen and oxygen atoms in total. The van der Waals surface area contributed by atoms with Gasteiger partial charge >= 0.3 is 0 Å². The Morgan fingerprint density at radius 2 is 1.62 bits per heavy atom. The lowest BCUT2D eigenvalue weighted by Gasteiger charge is -2.19. The number of furan rings is 1. The van der Waals surface area contributed by atoms with Crippen molar-refractivity contribution in [1.82, 2.24) is 5.32 Å². The molecule has 0 spiro atoms. The molecule has 4 rings (SSSR count). The molecule has 3 N–H and O–H groups in total. The zero-order valence-corrected chi connectivity index (χ0v) is 16.7. The second kappa shape index (κ2) is 9.37. The first-order valence-electron chi connectivity index (χ1n) is 9.60. The Bertz CT molecular complexity index is 1000. The van der Waals surface area contributed by atoms with Crippen molar-refractivity contribution < 1.29 is 14.5 Å². The molecule has 4 aromatic rings. The van der Waals surface area contributed by atoms with Crippen molar-refractivity contribution in [3.63, 3.8) is 0 Å². The molecule has 2 heterocycles. The third-order valence-corrected chi connectivity index (χ3v) is 5.75. The van der Waals surface area contributed by atoms with E-state index in [9.17, 15) is 4.79 Å². The molecule has 0 aliphatic carbocycles. The largest absolute Gasteiger partial charge is 0.463 e. The lowest BCUT2D eigenvalue weighted by atomic mass is 10.0. The van der Waals surface area contributed by atoms with E-state index in [1.54, 1.807) is 17.6 Å². The number of quaternary nitrogens is 1. The molecule has 0 unspecified atom stereocenters. The fourth-order valence-electron chi connectivity index (χ4n) is 3.41. The summed E-state index contributed by atoms with van der Waals surface area (Å²) in [6.07, 6.45) is 1.67. The van der Waals surface area contributed by atoms with E-state index in [-0.39, 0.29) is 18.0 Å². The van der Waals surface area contributed by atoms with E-state index in [2.05, 4.69) is 23.5 Å². The Balaban J connectivity index is 1.47. The van der Waals surface area contributed by atoms with Gasteiger partial charge in [0.2, 0.25) is 0 Å². The van der Waals surface area contributed by atoms with E-state index in [4.69, 9.17) is 4.42 Å². The lowest BCUT2D eigenvalue weighted by molar-refractivity contribution is -0.678. The first-order valence-corrected chi connectivity index (χ1v) is 10.5. The molecule has 0 fully saturated rings. The van der Waals surface area contributed by atoms with Gasteiger partial charge in [-0.05, 0) is 29.1 Å². The molecular formula is C24H23N2O2S+. The standard InChI is InChI=1S/C24H22N2O2S/c27-22(26-24(21-14-8-16-29-21)19-11-5-2-6-12-19)17-25-23(20-13-7-15-28-20)18-9-3-1-4-10-18/h1-16,23-25H,17H2,(H,26,27)/p+1/t23-,24+/m0/s1. The van der Waals surface area contributed by atoms with E-state index in [1.807, 2.05) is 77.4 Å². The van der Waals surface area contributed by atoms with Crippen molar-refractivity contribution >= 4 is 17.2 Å². The number of benzene rings is 2. The summed E-state index contributed by atoms with van der Waals surface area (Å²) < 4.78 is 5.63. The van der Waals surface area contributed by atoms with Crippen LogP contribution in [0.5, 0.6) is 0 Å². The zero-order valence-electron chi connectivity index (χ0n) is 15.9. The van der Waals surface area contributed by atoms with Crippen LogP contribution in [0.25, 0.3) is 0 Å². The molecule has 5 heteroatoms. The van der Waals surface area contributed by atoms with Crippen LogP contribution in [0.1, 0.15) is 33.8 Å². The van der Waals surface area contributed by atoms with Gasteiger partial charge in [-0.25, -0.2) is 0 Å². The molecular weight excluding hydrogens is 380 g/mol. The van der Waals surface area contributed by atoms with Gasteiger partial charge in [0, 0.05) is 10.4 Å². The van der Waals surface area contributed by atoms with E-state index in [1.165, 1.54) is 0 Å². The average molecular weight is 404 g/mol. The number of nitrogens with two attached hydrogens (primary N) is 1. The van der Waals surface area contributed by atoms with Crippen molar-refractivity contribution in [1.29, 1.82) is 0 Å². The lowest BCUT2D eigenvalue weighted by Crippen LogP contribution is -2.87. The van der Waals surface area contributed by atoms with Gasteiger partial charge in [0.25, 0.3) is 5.91 Å². The van der Waals surface area contributed by atoms with Crippen LogP contribution in [0, 0.1) is 0 Å². The topological polar surface area (TPSA) is 58.9 Å². The van der Waals surface area contributed by atoms with Crippen LogP contribution < -0.4 is 10.6 Å². The molecule has 0 saturated carbocycles. The molecule has 0 saturated heterocycles. The van der Waals surface area contributed by atoms with Gasteiger partial charge in [0.15, 0.2) is 18.3 Å². The number of carbonyl (C=O) groups is 1. The number of rotatable bonds is 8. The maximum Gasteiger partial charge on any atom is 0.275 e. The quantitative estimate of drug-likeness (QED) is 0.469. The highest BCUT2D eigenvalue weighted by atomic mass is 32.1. The van der Waals surface area contributed by atoms with Gasteiger partial charge < -0.3 is 15.1 Å². The molecule has 1 amide bonds. The first-order chi connectivity index (χ1) is 14.3. The number of amides is 1. The van der Waals surface area contributed by atoms with Crippen LogP contribution in [-0.2, 0) is 4.79 Å². The van der Waals surface area contributed by atoms with Gasteiger partial charge in [0.1, 0.15) is 0 Å². The summed E-state index contributed by atoms with van der Waals surface area (Å²) in [6, 6.07) is 27.9. The summed E-state index contributed by atoms with van der Waals surface area (Å²) in [6.45, 7) is 0.301. The Labute approximate surface area is 174 Å². The summed E-state index contributed by atoms with van der Waals surface area (Å²) >= 11 is 1.65. The van der Waals surface area contributed by atoms with E-state index < -0.39 is 0 Å². The summed E-state index contributed by atoms with van der Waals surface area (Å²) in [5.74, 6) is 0.821. The summed E-state index contributed by atoms with van der Waals surface area (Å²) in [7, 11) is 0. The minimum absolute atomic E-state index is 0.0141. The van der Waals surface area contributed by atoms with Crippen molar-refractivity contribution in [2.24, 2.45) is 0 Å². The predicted molar refractivity (Wildman–Crippen MR) is 115 cm³/mol. The highest BCUT2D eigenvalue weighted by Gasteiger charge is 2.23. The highest BCUT2D eigenvalue weighted by Crippen LogP contribution is 2.25. The molecule has 0 aliphatic heterocycles. The van der Waals surface area contributed by atoms with Crippen LogP contribution >= 0.6 is 11.3 Å². The van der Waals surface area contributed by atoms with Gasteiger partial charge in [0.05, 0.1) is 12.3 Å². The maximum atomic E-state index is 12.9. The van der Waals surface area contributed by atoms with Gasteiger partial charge in [-0.2, -0.15) is 0 Å².